The minimum absolute atomic E-state index is 0.0203. The van der Waals surface area contributed by atoms with Crippen molar-refractivity contribution in [3.8, 4) is 11.5 Å². The molecule has 170 valence electrons. The Hall–Kier alpha value is -0.0400. The van der Waals surface area contributed by atoms with E-state index in [1.165, 1.54) is 11.1 Å². The van der Waals surface area contributed by atoms with Gasteiger partial charge in [-0.15, -0.1) is 0 Å². The van der Waals surface area contributed by atoms with Crippen LogP contribution in [-0.4, -0.2) is 10.2 Å². The van der Waals surface area contributed by atoms with Crippen molar-refractivity contribution in [1.29, 1.82) is 0 Å². The van der Waals surface area contributed by atoms with Gasteiger partial charge in [0.1, 0.15) is 11.5 Å². The van der Waals surface area contributed by atoms with Crippen molar-refractivity contribution in [2.75, 3.05) is 0 Å². The molecule has 3 rings (SSSR count). The summed E-state index contributed by atoms with van der Waals surface area (Å²) in [5.74, 6) is 0.833. The van der Waals surface area contributed by atoms with Gasteiger partial charge in [-0.1, -0.05) is 90.9 Å². The topological polar surface area (TPSA) is 40.5 Å². The third-order valence-corrected chi connectivity index (χ3v) is 11.5. The molecule has 2 atom stereocenters. The van der Waals surface area contributed by atoms with Crippen molar-refractivity contribution >= 4 is 63.7 Å². The second-order valence-corrected chi connectivity index (χ2v) is 13.1. The standard InChI is InChI=1S/C25H30Br4O2/c1-11-17(26)15(18(27)12(2)21(11)30)23-24(5,6)9-8-10-25(23,7)16-19(28)13(3)22(31)14(4)20(16)29/h23,30-31H,8-10H2,1-7H3. The summed E-state index contributed by atoms with van der Waals surface area (Å²) in [6.07, 6.45) is 3.28. The Morgan fingerprint density at radius 3 is 1.48 bits per heavy atom. The first-order chi connectivity index (χ1) is 14.2. The van der Waals surface area contributed by atoms with Crippen LogP contribution in [-0.2, 0) is 5.41 Å². The smallest absolute Gasteiger partial charge is 0.123 e. The SMILES string of the molecule is Cc1c(O)c(C)c(Br)c(C2C(C)(C)CCCC2(C)c2c(Br)c(C)c(O)c(C)c2Br)c1Br. The fourth-order valence-electron chi connectivity index (χ4n) is 5.75. The van der Waals surface area contributed by atoms with Crippen molar-refractivity contribution in [2.24, 2.45) is 5.41 Å². The van der Waals surface area contributed by atoms with Crippen LogP contribution >= 0.6 is 63.7 Å². The zero-order chi connectivity index (χ0) is 23.6. The van der Waals surface area contributed by atoms with Gasteiger partial charge >= 0.3 is 0 Å². The van der Waals surface area contributed by atoms with E-state index in [4.69, 9.17) is 0 Å². The summed E-state index contributed by atoms with van der Waals surface area (Å²) in [6.45, 7) is 14.9. The molecule has 0 aromatic heterocycles. The number of rotatable bonds is 2. The molecule has 1 saturated carbocycles. The van der Waals surface area contributed by atoms with Crippen LogP contribution in [0.3, 0.4) is 0 Å². The van der Waals surface area contributed by atoms with Crippen LogP contribution in [0.4, 0.5) is 0 Å². The lowest BCUT2D eigenvalue weighted by Gasteiger charge is -2.53. The number of benzene rings is 2. The lowest BCUT2D eigenvalue weighted by molar-refractivity contribution is 0.113. The number of aromatic hydroxyl groups is 2. The van der Waals surface area contributed by atoms with Crippen LogP contribution in [0.15, 0.2) is 17.9 Å². The number of phenols is 2. The molecule has 0 amide bonds. The number of halogens is 4. The fourth-order valence-corrected chi connectivity index (χ4v) is 9.19. The van der Waals surface area contributed by atoms with Crippen LogP contribution < -0.4 is 0 Å². The van der Waals surface area contributed by atoms with Gasteiger partial charge in [0, 0.05) is 51.5 Å². The highest BCUT2D eigenvalue weighted by atomic mass is 79.9. The molecule has 0 spiro atoms. The van der Waals surface area contributed by atoms with Gasteiger partial charge in [-0.25, -0.2) is 0 Å². The van der Waals surface area contributed by atoms with Crippen molar-refractivity contribution in [2.45, 2.75) is 79.1 Å². The van der Waals surface area contributed by atoms with Crippen molar-refractivity contribution in [3.63, 3.8) is 0 Å². The summed E-state index contributed by atoms with van der Waals surface area (Å²) in [4.78, 5) is 0. The van der Waals surface area contributed by atoms with Crippen LogP contribution in [0.1, 0.15) is 79.3 Å². The van der Waals surface area contributed by atoms with E-state index < -0.39 is 0 Å². The van der Waals surface area contributed by atoms with E-state index in [1.807, 2.05) is 27.7 Å². The Morgan fingerprint density at radius 1 is 0.677 bits per heavy atom. The number of hydrogen-bond acceptors (Lipinski definition) is 2. The Kier molecular flexibility index (Phi) is 7.12. The maximum absolute atomic E-state index is 10.7. The fraction of sp³-hybridized carbons (Fsp3) is 0.520. The molecule has 2 aromatic rings. The van der Waals surface area contributed by atoms with E-state index in [1.54, 1.807) is 0 Å². The summed E-state index contributed by atoms with van der Waals surface area (Å²) in [5.41, 5.74) is 5.72. The van der Waals surface area contributed by atoms with E-state index in [9.17, 15) is 10.2 Å². The van der Waals surface area contributed by atoms with Gasteiger partial charge in [0.15, 0.2) is 0 Å². The van der Waals surface area contributed by atoms with E-state index in [-0.39, 0.29) is 16.7 Å². The molecule has 0 radical (unpaired) electrons. The minimum Gasteiger partial charge on any atom is -0.507 e. The van der Waals surface area contributed by atoms with Crippen LogP contribution in [0.2, 0.25) is 0 Å². The molecule has 0 aliphatic heterocycles. The average Bonchev–Trinajstić information content (AvgIpc) is 2.69. The van der Waals surface area contributed by atoms with Crippen LogP contribution in [0.5, 0.6) is 11.5 Å². The molecule has 0 heterocycles. The first-order valence-corrected chi connectivity index (χ1v) is 13.7. The zero-order valence-corrected chi connectivity index (χ0v) is 25.4. The molecule has 31 heavy (non-hydrogen) atoms. The monoisotopic (exact) mass is 678 g/mol. The summed E-state index contributed by atoms with van der Waals surface area (Å²) in [5, 5.41) is 21.3. The molecular weight excluding hydrogens is 652 g/mol. The maximum Gasteiger partial charge on any atom is 0.123 e. The quantitative estimate of drug-likeness (QED) is 0.332. The molecule has 2 nitrogen and oxygen atoms in total. The summed E-state index contributed by atoms with van der Waals surface area (Å²) >= 11 is 15.4. The second kappa shape index (κ2) is 8.63. The highest BCUT2D eigenvalue weighted by Gasteiger charge is 2.51. The lowest BCUT2D eigenvalue weighted by Crippen LogP contribution is -2.44. The first kappa shape index (κ1) is 25.6. The molecular formula is C25H30Br4O2. The van der Waals surface area contributed by atoms with Crippen LogP contribution in [0.25, 0.3) is 0 Å². The number of hydrogen-bond donors (Lipinski definition) is 2. The van der Waals surface area contributed by atoms with E-state index in [0.717, 1.165) is 59.4 Å². The lowest BCUT2D eigenvalue weighted by atomic mass is 9.52. The molecule has 6 heteroatoms. The highest BCUT2D eigenvalue weighted by molar-refractivity contribution is 9.11. The van der Waals surface area contributed by atoms with Gasteiger partial charge in [0.05, 0.1) is 0 Å². The molecule has 2 aromatic carbocycles. The maximum atomic E-state index is 10.7. The van der Waals surface area contributed by atoms with E-state index in [0.29, 0.717) is 11.5 Å². The van der Waals surface area contributed by atoms with Crippen LogP contribution in [0, 0.1) is 33.1 Å². The van der Waals surface area contributed by atoms with Crippen molar-refractivity contribution in [1.82, 2.24) is 0 Å². The predicted molar refractivity (Wildman–Crippen MR) is 144 cm³/mol. The highest BCUT2D eigenvalue weighted by Crippen LogP contribution is 2.63. The third kappa shape index (κ3) is 3.85. The molecule has 0 saturated heterocycles. The summed E-state index contributed by atoms with van der Waals surface area (Å²) < 4.78 is 3.86. The zero-order valence-electron chi connectivity index (χ0n) is 19.1. The van der Waals surface area contributed by atoms with Gasteiger partial charge in [-0.2, -0.15) is 0 Å². The third-order valence-electron chi connectivity index (χ3n) is 7.45. The van der Waals surface area contributed by atoms with Gasteiger partial charge in [0.25, 0.3) is 0 Å². The second-order valence-electron chi connectivity index (χ2n) is 9.93. The molecule has 1 aliphatic carbocycles. The molecule has 2 unspecified atom stereocenters. The van der Waals surface area contributed by atoms with Gasteiger partial charge in [-0.3, -0.25) is 0 Å². The largest absolute Gasteiger partial charge is 0.507 e. The van der Waals surface area contributed by atoms with Gasteiger partial charge in [-0.05, 0) is 57.1 Å². The Morgan fingerprint density at radius 2 is 1.06 bits per heavy atom. The van der Waals surface area contributed by atoms with Gasteiger partial charge in [0.2, 0.25) is 0 Å². The summed E-state index contributed by atoms with van der Waals surface area (Å²) in [7, 11) is 0. The molecule has 2 N–H and O–H groups in total. The number of phenolic OH excluding ortho intramolecular Hbond substituents is 2. The average molecular weight is 682 g/mol. The van der Waals surface area contributed by atoms with E-state index in [2.05, 4.69) is 84.5 Å². The predicted octanol–water partition coefficient (Wildman–Crippen LogP) is 9.63. The molecule has 1 aliphatic rings. The van der Waals surface area contributed by atoms with Crippen molar-refractivity contribution < 1.29 is 10.2 Å². The Labute approximate surface area is 219 Å². The Bertz CT molecular complexity index is 1020. The molecule has 1 fully saturated rings. The van der Waals surface area contributed by atoms with E-state index >= 15 is 0 Å². The normalized spacial score (nSPS) is 23.3. The molecule has 0 bridgehead atoms. The summed E-state index contributed by atoms with van der Waals surface area (Å²) in [6, 6.07) is 0. The van der Waals surface area contributed by atoms with Gasteiger partial charge < -0.3 is 10.2 Å². The van der Waals surface area contributed by atoms with Crippen molar-refractivity contribution in [3.05, 3.63) is 51.3 Å². The minimum atomic E-state index is -0.205. The first-order valence-electron chi connectivity index (χ1n) is 10.5. The Balaban J connectivity index is 2.45.